The van der Waals surface area contributed by atoms with E-state index < -0.39 is 11.9 Å². The SMILES string of the molecule is CCOc1ccccc1OCC(=O)N1CCC(C(=O)O)C1C. The van der Waals surface area contributed by atoms with Gasteiger partial charge in [-0.1, -0.05) is 12.1 Å². The summed E-state index contributed by atoms with van der Waals surface area (Å²) in [7, 11) is 0. The number of likely N-dealkylation sites (tertiary alicyclic amines) is 1. The predicted octanol–water partition coefficient (Wildman–Crippen LogP) is 1.79. The van der Waals surface area contributed by atoms with Crippen molar-refractivity contribution < 1.29 is 24.2 Å². The van der Waals surface area contributed by atoms with Crippen molar-refractivity contribution in [1.82, 2.24) is 4.90 Å². The lowest BCUT2D eigenvalue weighted by atomic mass is 10.0. The quantitative estimate of drug-likeness (QED) is 0.867. The molecule has 0 aliphatic carbocycles. The number of carboxylic acids is 1. The Labute approximate surface area is 129 Å². The highest BCUT2D eigenvalue weighted by atomic mass is 16.5. The molecule has 1 aliphatic heterocycles. The largest absolute Gasteiger partial charge is 0.490 e. The molecule has 1 amide bonds. The molecule has 1 N–H and O–H groups in total. The number of rotatable bonds is 6. The number of carbonyl (C=O) groups excluding carboxylic acids is 1. The highest BCUT2D eigenvalue weighted by molar-refractivity contribution is 5.80. The van der Waals surface area contributed by atoms with Gasteiger partial charge in [0.05, 0.1) is 12.5 Å². The predicted molar refractivity (Wildman–Crippen MR) is 80.0 cm³/mol. The van der Waals surface area contributed by atoms with E-state index in [0.717, 1.165) is 0 Å². The van der Waals surface area contributed by atoms with Crippen LogP contribution >= 0.6 is 0 Å². The summed E-state index contributed by atoms with van der Waals surface area (Å²) in [5, 5.41) is 9.10. The molecule has 0 spiro atoms. The zero-order valence-electron chi connectivity index (χ0n) is 12.8. The molecule has 6 heteroatoms. The molecule has 1 aliphatic rings. The van der Waals surface area contributed by atoms with Crippen molar-refractivity contribution in [2.24, 2.45) is 5.92 Å². The van der Waals surface area contributed by atoms with E-state index in [-0.39, 0.29) is 18.6 Å². The second-order valence-corrected chi connectivity index (χ2v) is 5.23. The van der Waals surface area contributed by atoms with Gasteiger partial charge in [-0.2, -0.15) is 0 Å². The first kappa shape index (κ1) is 16.1. The molecule has 1 aromatic carbocycles. The summed E-state index contributed by atoms with van der Waals surface area (Å²) in [6.45, 7) is 4.48. The molecule has 0 bridgehead atoms. The van der Waals surface area contributed by atoms with Crippen LogP contribution in [0.3, 0.4) is 0 Å². The van der Waals surface area contributed by atoms with E-state index in [1.165, 1.54) is 0 Å². The normalized spacial score (nSPS) is 20.7. The second-order valence-electron chi connectivity index (χ2n) is 5.23. The molecular weight excluding hydrogens is 286 g/mol. The third-order valence-corrected chi connectivity index (χ3v) is 3.89. The molecule has 0 radical (unpaired) electrons. The summed E-state index contributed by atoms with van der Waals surface area (Å²) >= 11 is 0. The molecule has 2 unspecified atom stereocenters. The first-order valence-electron chi connectivity index (χ1n) is 7.41. The molecular formula is C16H21NO5. The van der Waals surface area contributed by atoms with E-state index in [4.69, 9.17) is 14.6 Å². The van der Waals surface area contributed by atoms with Crippen LogP contribution in [0.25, 0.3) is 0 Å². The van der Waals surface area contributed by atoms with Gasteiger partial charge in [0, 0.05) is 12.6 Å². The molecule has 1 aromatic rings. The maximum atomic E-state index is 12.2. The average Bonchev–Trinajstić information content (AvgIpc) is 2.88. The summed E-state index contributed by atoms with van der Waals surface area (Å²) in [5.41, 5.74) is 0. The van der Waals surface area contributed by atoms with Gasteiger partial charge in [-0.3, -0.25) is 9.59 Å². The highest BCUT2D eigenvalue weighted by Gasteiger charge is 2.38. The molecule has 2 rings (SSSR count). The van der Waals surface area contributed by atoms with E-state index >= 15 is 0 Å². The van der Waals surface area contributed by atoms with Crippen molar-refractivity contribution in [2.75, 3.05) is 19.8 Å². The van der Waals surface area contributed by atoms with Crippen molar-refractivity contribution in [1.29, 1.82) is 0 Å². The van der Waals surface area contributed by atoms with Gasteiger partial charge in [0.15, 0.2) is 18.1 Å². The van der Waals surface area contributed by atoms with Gasteiger partial charge in [-0.05, 0) is 32.4 Å². The summed E-state index contributed by atoms with van der Waals surface area (Å²) < 4.78 is 11.0. The van der Waals surface area contributed by atoms with E-state index in [1.807, 2.05) is 13.0 Å². The zero-order chi connectivity index (χ0) is 16.1. The number of carbonyl (C=O) groups is 2. The zero-order valence-corrected chi connectivity index (χ0v) is 12.8. The third kappa shape index (κ3) is 3.50. The molecule has 0 aromatic heterocycles. The fraction of sp³-hybridized carbons (Fsp3) is 0.500. The lowest BCUT2D eigenvalue weighted by Gasteiger charge is -2.23. The Morgan fingerprint density at radius 2 is 1.91 bits per heavy atom. The smallest absolute Gasteiger partial charge is 0.308 e. The van der Waals surface area contributed by atoms with Gasteiger partial charge >= 0.3 is 5.97 Å². The van der Waals surface area contributed by atoms with Crippen LogP contribution in [0.4, 0.5) is 0 Å². The number of aliphatic carboxylic acids is 1. The first-order valence-corrected chi connectivity index (χ1v) is 7.41. The number of hydrogen-bond acceptors (Lipinski definition) is 4. The first-order chi connectivity index (χ1) is 10.5. The Bertz CT molecular complexity index is 545. The minimum atomic E-state index is -0.856. The molecule has 120 valence electrons. The number of carboxylic acid groups (broad SMARTS) is 1. The number of hydrogen-bond donors (Lipinski definition) is 1. The second kappa shape index (κ2) is 7.15. The van der Waals surface area contributed by atoms with E-state index in [0.29, 0.717) is 31.1 Å². The topological polar surface area (TPSA) is 76.1 Å². The Morgan fingerprint density at radius 1 is 1.27 bits per heavy atom. The van der Waals surface area contributed by atoms with E-state index in [9.17, 15) is 9.59 Å². The number of ether oxygens (including phenoxy) is 2. The number of nitrogens with zero attached hydrogens (tertiary/aromatic N) is 1. The van der Waals surface area contributed by atoms with Crippen LogP contribution in [0.5, 0.6) is 11.5 Å². The van der Waals surface area contributed by atoms with Crippen molar-refractivity contribution in [3.63, 3.8) is 0 Å². The molecule has 1 fully saturated rings. The van der Waals surface area contributed by atoms with Gasteiger partial charge in [-0.15, -0.1) is 0 Å². The van der Waals surface area contributed by atoms with Gasteiger partial charge < -0.3 is 19.5 Å². The fourth-order valence-electron chi connectivity index (χ4n) is 2.69. The van der Waals surface area contributed by atoms with Crippen molar-refractivity contribution in [3.05, 3.63) is 24.3 Å². The number of benzene rings is 1. The Hall–Kier alpha value is -2.24. The van der Waals surface area contributed by atoms with Crippen LogP contribution in [0.1, 0.15) is 20.3 Å². The van der Waals surface area contributed by atoms with Gasteiger partial charge in [0.2, 0.25) is 0 Å². The molecule has 0 saturated carbocycles. The molecule has 1 saturated heterocycles. The summed E-state index contributed by atoms with van der Waals surface area (Å²) in [5.74, 6) is -0.456. The Kier molecular flexibility index (Phi) is 5.25. The molecule has 1 heterocycles. The summed E-state index contributed by atoms with van der Waals surface area (Å²) in [4.78, 5) is 24.9. The van der Waals surface area contributed by atoms with E-state index in [1.54, 1.807) is 30.0 Å². The van der Waals surface area contributed by atoms with Crippen LogP contribution in [-0.4, -0.2) is 47.7 Å². The Balaban J connectivity index is 1.95. The number of para-hydroxylation sites is 2. The third-order valence-electron chi connectivity index (χ3n) is 3.89. The minimum absolute atomic E-state index is 0.124. The molecule has 2 atom stereocenters. The van der Waals surface area contributed by atoms with Gasteiger partial charge in [0.25, 0.3) is 5.91 Å². The van der Waals surface area contributed by atoms with Crippen molar-refractivity contribution >= 4 is 11.9 Å². The maximum absolute atomic E-state index is 12.2. The van der Waals surface area contributed by atoms with E-state index in [2.05, 4.69) is 0 Å². The van der Waals surface area contributed by atoms with Gasteiger partial charge in [-0.25, -0.2) is 0 Å². The summed E-state index contributed by atoms with van der Waals surface area (Å²) in [6.07, 6.45) is 0.484. The minimum Gasteiger partial charge on any atom is -0.490 e. The summed E-state index contributed by atoms with van der Waals surface area (Å²) in [6, 6.07) is 6.85. The Morgan fingerprint density at radius 3 is 2.45 bits per heavy atom. The molecule has 22 heavy (non-hydrogen) atoms. The standard InChI is InChI=1S/C16H21NO5/c1-3-21-13-6-4-5-7-14(13)22-10-15(18)17-9-8-12(11(17)2)16(19)20/h4-7,11-12H,3,8-10H2,1-2H3,(H,19,20). The lowest BCUT2D eigenvalue weighted by Crippen LogP contribution is -2.40. The van der Waals surface area contributed by atoms with Crippen LogP contribution in [0.2, 0.25) is 0 Å². The molecule has 6 nitrogen and oxygen atoms in total. The maximum Gasteiger partial charge on any atom is 0.308 e. The van der Waals surface area contributed by atoms with Crippen molar-refractivity contribution in [3.8, 4) is 11.5 Å². The van der Waals surface area contributed by atoms with Gasteiger partial charge in [0.1, 0.15) is 0 Å². The lowest BCUT2D eigenvalue weighted by molar-refractivity contribution is -0.143. The monoisotopic (exact) mass is 307 g/mol. The van der Waals surface area contributed by atoms with Crippen LogP contribution in [-0.2, 0) is 9.59 Å². The fourth-order valence-corrected chi connectivity index (χ4v) is 2.69. The van der Waals surface area contributed by atoms with Crippen LogP contribution in [0.15, 0.2) is 24.3 Å². The van der Waals surface area contributed by atoms with Crippen molar-refractivity contribution in [2.45, 2.75) is 26.3 Å². The van der Waals surface area contributed by atoms with Crippen LogP contribution in [0, 0.1) is 5.92 Å². The van der Waals surface area contributed by atoms with Crippen LogP contribution < -0.4 is 9.47 Å². The number of amides is 1. The average molecular weight is 307 g/mol. The highest BCUT2D eigenvalue weighted by Crippen LogP contribution is 2.27.